The van der Waals surface area contributed by atoms with Crippen molar-refractivity contribution in [2.75, 3.05) is 31.2 Å². The molecule has 39 heavy (non-hydrogen) atoms. The van der Waals surface area contributed by atoms with E-state index in [9.17, 15) is 10.4 Å². The molecule has 9 nitrogen and oxygen atoms in total. The van der Waals surface area contributed by atoms with E-state index >= 15 is 0 Å². The van der Waals surface area contributed by atoms with Crippen molar-refractivity contribution in [1.82, 2.24) is 9.97 Å². The fourth-order valence-electron chi connectivity index (χ4n) is 5.40. The van der Waals surface area contributed by atoms with Crippen LogP contribution in [0.1, 0.15) is 5.56 Å². The van der Waals surface area contributed by atoms with Crippen LogP contribution >= 0.6 is 11.6 Å². The number of H-pyrrole nitrogens is 1. The zero-order valence-electron chi connectivity index (χ0n) is 20.8. The van der Waals surface area contributed by atoms with E-state index in [0.29, 0.717) is 21.7 Å². The number of nitrogens with zero attached hydrogens (tertiary/aromatic N) is 3. The molecule has 5 heterocycles. The number of nitriles is 1. The number of hydrogen-bond acceptors (Lipinski definition) is 8. The summed E-state index contributed by atoms with van der Waals surface area (Å²) in [5.74, 6) is 1.17. The molecule has 198 valence electrons. The summed E-state index contributed by atoms with van der Waals surface area (Å²) in [6.45, 7) is 2.09. The van der Waals surface area contributed by atoms with Crippen molar-refractivity contribution in [3.63, 3.8) is 0 Å². The molecule has 4 unspecified atom stereocenters. The van der Waals surface area contributed by atoms with E-state index in [-0.39, 0.29) is 30.8 Å². The van der Waals surface area contributed by atoms with Crippen LogP contribution in [0, 0.1) is 11.3 Å². The van der Waals surface area contributed by atoms with Crippen molar-refractivity contribution in [3.05, 3.63) is 71.2 Å². The molecule has 0 bridgehead atoms. The zero-order valence-corrected chi connectivity index (χ0v) is 21.5. The maximum atomic E-state index is 10.00. The van der Waals surface area contributed by atoms with Crippen LogP contribution < -0.4 is 14.4 Å². The fraction of sp³-hybridized carbons (Fsp3) is 0.310. The van der Waals surface area contributed by atoms with Gasteiger partial charge >= 0.3 is 0 Å². The number of hydrogen-bond donors (Lipinski definition) is 2. The Labute approximate surface area is 229 Å². The molecule has 0 radical (unpaired) electrons. The lowest BCUT2D eigenvalue weighted by Gasteiger charge is -2.40. The van der Waals surface area contributed by atoms with Crippen molar-refractivity contribution in [1.29, 1.82) is 5.26 Å². The number of aromatic nitrogens is 2. The molecule has 0 spiro atoms. The van der Waals surface area contributed by atoms with E-state index in [1.54, 1.807) is 6.07 Å². The Kier molecular flexibility index (Phi) is 6.05. The lowest BCUT2D eigenvalue weighted by atomic mass is 10.1. The van der Waals surface area contributed by atoms with Gasteiger partial charge in [-0.25, -0.2) is 4.98 Å². The average Bonchev–Trinajstić information content (AvgIpc) is 3.61. The first-order chi connectivity index (χ1) is 19.1. The standard InChI is InChI=1S/C29H25ClN4O5/c30-21-10-22-26(20(11-31)29(32-22)39-24-15-37-27-23(35)14-36-28(24)27)33-25(21)16-6-8-17(9-7-16)34-12-19(13-34)38-18-4-2-1-3-5-18/h1-10,19,23-24,27-28,32,35H,12-15H2. The second-order valence-electron chi connectivity index (χ2n) is 9.98. The maximum absolute atomic E-state index is 10.00. The molecule has 4 aromatic rings. The van der Waals surface area contributed by atoms with Crippen molar-refractivity contribution >= 4 is 28.3 Å². The SMILES string of the molecule is N#Cc1c(OC2COC3C(O)COC23)[nH]c2cc(Cl)c(-c3ccc(N4CC(Oc5ccccc5)C4)cc3)nc12. The molecule has 0 aliphatic carbocycles. The molecule has 3 aliphatic heterocycles. The Morgan fingerprint density at radius 2 is 1.79 bits per heavy atom. The number of aliphatic hydroxyl groups excluding tert-OH is 1. The molecule has 3 saturated heterocycles. The van der Waals surface area contributed by atoms with E-state index in [1.807, 2.05) is 54.6 Å². The van der Waals surface area contributed by atoms with Gasteiger partial charge in [-0.15, -0.1) is 0 Å². The third kappa shape index (κ3) is 4.36. The third-order valence-corrected chi connectivity index (χ3v) is 7.74. The first-order valence-electron chi connectivity index (χ1n) is 12.8. The van der Waals surface area contributed by atoms with Gasteiger partial charge in [0.05, 0.1) is 42.5 Å². The molecule has 2 aromatic carbocycles. The summed E-state index contributed by atoms with van der Waals surface area (Å²) in [6.07, 6.45) is -1.79. The van der Waals surface area contributed by atoms with Gasteiger partial charge in [0.25, 0.3) is 0 Å². The van der Waals surface area contributed by atoms with Gasteiger partial charge in [0.2, 0.25) is 5.88 Å². The van der Waals surface area contributed by atoms with Gasteiger partial charge < -0.3 is 33.9 Å². The third-order valence-electron chi connectivity index (χ3n) is 7.45. The van der Waals surface area contributed by atoms with Crippen molar-refractivity contribution in [2.24, 2.45) is 0 Å². The highest BCUT2D eigenvalue weighted by Crippen LogP contribution is 2.37. The summed E-state index contributed by atoms with van der Waals surface area (Å²) in [7, 11) is 0. The molecule has 0 saturated carbocycles. The number of nitrogens with one attached hydrogen (secondary N) is 1. The number of halogens is 1. The number of para-hydroxylation sites is 1. The summed E-state index contributed by atoms with van der Waals surface area (Å²) >= 11 is 6.64. The van der Waals surface area contributed by atoms with Crippen LogP contribution in [0.15, 0.2) is 60.7 Å². The Morgan fingerprint density at radius 3 is 2.56 bits per heavy atom. The molecule has 2 aromatic heterocycles. The molecule has 2 N–H and O–H groups in total. The predicted octanol–water partition coefficient (Wildman–Crippen LogP) is 3.93. The first kappa shape index (κ1) is 24.2. The van der Waals surface area contributed by atoms with Gasteiger partial charge in [0.1, 0.15) is 47.3 Å². The topological polar surface area (TPSA) is 113 Å². The summed E-state index contributed by atoms with van der Waals surface area (Å²) in [4.78, 5) is 10.1. The van der Waals surface area contributed by atoms with Crippen molar-refractivity contribution < 1.29 is 24.1 Å². The molecule has 3 aliphatic rings. The van der Waals surface area contributed by atoms with E-state index in [4.69, 9.17) is 35.5 Å². The van der Waals surface area contributed by atoms with Gasteiger partial charge in [-0.3, -0.25) is 0 Å². The largest absolute Gasteiger partial charge is 0.487 e. The van der Waals surface area contributed by atoms with Crippen LogP contribution in [0.5, 0.6) is 11.6 Å². The van der Waals surface area contributed by atoms with Crippen LogP contribution in [-0.2, 0) is 9.47 Å². The number of benzene rings is 2. The van der Waals surface area contributed by atoms with E-state index in [2.05, 4.69) is 16.0 Å². The molecule has 7 rings (SSSR count). The van der Waals surface area contributed by atoms with E-state index in [0.717, 1.165) is 30.1 Å². The predicted molar refractivity (Wildman–Crippen MR) is 144 cm³/mol. The van der Waals surface area contributed by atoms with Crippen LogP contribution in [0.3, 0.4) is 0 Å². The Balaban J connectivity index is 1.08. The van der Waals surface area contributed by atoms with Crippen LogP contribution in [0.4, 0.5) is 5.69 Å². The lowest BCUT2D eigenvalue weighted by Crippen LogP contribution is -2.54. The summed E-state index contributed by atoms with van der Waals surface area (Å²) in [6, 6.07) is 21.9. The number of ether oxygens (including phenoxy) is 4. The normalized spacial score (nSPS) is 24.4. The van der Waals surface area contributed by atoms with Gasteiger partial charge in [-0.05, 0) is 30.3 Å². The Hall–Kier alpha value is -3.81. The smallest absolute Gasteiger partial charge is 0.212 e. The van der Waals surface area contributed by atoms with Gasteiger partial charge in [0, 0.05) is 11.3 Å². The molecule has 10 heteroatoms. The highest BCUT2D eigenvalue weighted by Gasteiger charge is 2.48. The quantitative estimate of drug-likeness (QED) is 0.375. The molecular weight excluding hydrogens is 520 g/mol. The minimum atomic E-state index is -0.679. The minimum Gasteiger partial charge on any atom is -0.487 e. The monoisotopic (exact) mass is 544 g/mol. The van der Waals surface area contributed by atoms with Gasteiger partial charge in [-0.1, -0.05) is 41.9 Å². The number of anilines is 1. The van der Waals surface area contributed by atoms with Crippen molar-refractivity contribution in [3.8, 4) is 29.0 Å². The van der Waals surface area contributed by atoms with E-state index in [1.165, 1.54) is 0 Å². The number of aliphatic hydroxyl groups is 1. The van der Waals surface area contributed by atoms with E-state index < -0.39 is 24.4 Å². The summed E-state index contributed by atoms with van der Waals surface area (Å²) in [5.41, 5.74) is 3.87. The highest BCUT2D eigenvalue weighted by molar-refractivity contribution is 6.33. The summed E-state index contributed by atoms with van der Waals surface area (Å²) in [5, 5.41) is 20.4. The highest BCUT2D eigenvalue weighted by atomic mass is 35.5. The second-order valence-corrected chi connectivity index (χ2v) is 10.4. The molecule has 4 atom stereocenters. The minimum absolute atomic E-state index is 0.159. The summed E-state index contributed by atoms with van der Waals surface area (Å²) < 4.78 is 23.4. The number of pyridine rings is 1. The second kappa shape index (κ2) is 9.74. The fourth-order valence-corrected chi connectivity index (χ4v) is 5.66. The Bertz CT molecular complexity index is 1550. The number of rotatable bonds is 6. The first-order valence-corrected chi connectivity index (χ1v) is 13.2. The molecular formula is C29H25ClN4O5. The van der Waals surface area contributed by atoms with Crippen LogP contribution in [-0.4, -0.2) is 71.9 Å². The number of fused-ring (bicyclic) bond motifs is 2. The van der Waals surface area contributed by atoms with Crippen LogP contribution in [0.2, 0.25) is 5.02 Å². The van der Waals surface area contributed by atoms with Crippen LogP contribution in [0.25, 0.3) is 22.3 Å². The lowest BCUT2D eigenvalue weighted by molar-refractivity contribution is 0.00789. The Morgan fingerprint density at radius 1 is 1.03 bits per heavy atom. The molecule has 3 fully saturated rings. The van der Waals surface area contributed by atoms with Crippen molar-refractivity contribution in [2.45, 2.75) is 30.5 Å². The average molecular weight is 545 g/mol. The number of aromatic amines is 1. The molecule has 0 amide bonds. The maximum Gasteiger partial charge on any atom is 0.212 e. The van der Waals surface area contributed by atoms with Gasteiger partial charge in [-0.2, -0.15) is 5.26 Å². The zero-order chi connectivity index (χ0) is 26.5. The van der Waals surface area contributed by atoms with Gasteiger partial charge in [0.15, 0.2) is 6.10 Å².